The van der Waals surface area contributed by atoms with Crippen molar-refractivity contribution in [1.82, 2.24) is 14.8 Å². The second kappa shape index (κ2) is 3.55. The molecule has 1 aliphatic rings. The third kappa shape index (κ3) is 1.77. The van der Waals surface area contributed by atoms with Gasteiger partial charge in [-0.15, -0.1) is 0 Å². The average molecular weight is 232 g/mol. The molecule has 0 saturated heterocycles. The van der Waals surface area contributed by atoms with Gasteiger partial charge in [-0.3, -0.25) is 0 Å². The average Bonchev–Trinajstić information content (AvgIpc) is 3.07. The van der Waals surface area contributed by atoms with E-state index in [2.05, 4.69) is 10.1 Å². The van der Waals surface area contributed by atoms with Gasteiger partial charge in [0, 0.05) is 18.5 Å². The van der Waals surface area contributed by atoms with E-state index in [1.807, 2.05) is 7.05 Å². The summed E-state index contributed by atoms with van der Waals surface area (Å²) in [7, 11) is 1.84. The molecule has 0 atom stereocenters. The minimum absolute atomic E-state index is 0.137. The number of aryl methyl sites for hydroxylation is 1. The summed E-state index contributed by atoms with van der Waals surface area (Å²) in [5, 5.41) is 4.37. The van der Waals surface area contributed by atoms with Crippen LogP contribution in [0.2, 0.25) is 0 Å². The van der Waals surface area contributed by atoms with Gasteiger partial charge in [0.25, 0.3) is 0 Å². The summed E-state index contributed by atoms with van der Waals surface area (Å²) in [6, 6.07) is 4.62. The van der Waals surface area contributed by atoms with Crippen molar-refractivity contribution in [2.45, 2.75) is 18.8 Å². The highest BCUT2D eigenvalue weighted by Gasteiger charge is 2.28. The first-order valence-corrected chi connectivity index (χ1v) is 5.61. The van der Waals surface area contributed by atoms with Crippen molar-refractivity contribution < 1.29 is 4.39 Å². The molecule has 5 heteroatoms. The lowest BCUT2D eigenvalue weighted by atomic mass is 10.2. The molecule has 0 spiro atoms. The second-order valence-corrected chi connectivity index (χ2v) is 4.43. The molecule has 0 amide bonds. The molecule has 3 rings (SSSR count). The minimum Gasteiger partial charge on any atom is -0.396 e. The van der Waals surface area contributed by atoms with Gasteiger partial charge >= 0.3 is 0 Å². The fourth-order valence-corrected chi connectivity index (χ4v) is 1.85. The van der Waals surface area contributed by atoms with E-state index in [-0.39, 0.29) is 5.69 Å². The number of nitrogen functional groups attached to an aromatic ring is 1. The molecule has 2 aromatic rings. The van der Waals surface area contributed by atoms with Crippen molar-refractivity contribution >= 4 is 5.69 Å². The Hall–Kier alpha value is -1.91. The van der Waals surface area contributed by atoms with Crippen LogP contribution < -0.4 is 5.73 Å². The van der Waals surface area contributed by atoms with Gasteiger partial charge in [0.1, 0.15) is 5.82 Å². The van der Waals surface area contributed by atoms with Crippen LogP contribution in [0.25, 0.3) is 11.4 Å². The summed E-state index contributed by atoms with van der Waals surface area (Å²) in [5.41, 5.74) is 6.49. The minimum atomic E-state index is -0.404. The summed E-state index contributed by atoms with van der Waals surface area (Å²) in [6.45, 7) is 0. The Labute approximate surface area is 98.3 Å². The second-order valence-electron chi connectivity index (χ2n) is 4.43. The van der Waals surface area contributed by atoms with Crippen LogP contribution in [0, 0.1) is 5.82 Å². The predicted octanol–water partition coefficient (Wildman–Crippen LogP) is 2.08. The number of benzene rings is 1. The first-order chi connectivity index (χ1) is 8.15. The monoisotopic (exact) mass is 232 g/mol. The zero-order chi connectivity index (χ0) is 12.0. The van der Waals surface area contributed by atoms with Crippen LogP contribution in [-0.4, -0.2) is 14.8 Å². The first kappa shape index (κ1) is 10.3. The fraction of sp³-hybridized carbons (Fsp3) is 0.333. The number of halogens is 1. The first-order valence-electron chi connectivity index (χ1n) is 5.61. The van der Waals surface area contributed by atoms with E-state index in [9.17, 15) is 4.39 Å². The van der Waals surface area contributed by atoms with E-state index < -0.39 is 5.82 Å². The van der Waals surface area contributed by atoms with Gasteiger partial charge in [0.15, 0.2) is 11.6 Å². The topological polar surface area (TPSA) is 56.7 Å². The van der Waals surface area contributed by atoms with Crippen LogP contribution in [0.15, 0.2) is 18.2 Å². The Morgan fingerprint density at radius 3 is 2.82 bits per heavy atom. The Morgan fingerprint density at radius 2 is 2.18 bits per heavy atom. The number of rotatable bonds is 2. The van der Waals surface area contributed by atoms with Crippen LogP contribution in [0.1, 0.15) is 24.6 Å². The molecule has 1 saturated carbocycles. The van der Waals surface area contributed by atoms with Crippen molar-refractivity contribution in [3.63, 3.8) is 0 Å². The molecule has 0 aliphatic heterocycles. The molecular formula is C12H13FN4. The van der Waals surface area contributed by atoms with Gasteiger partial charge in [0.2, 0.25) is 0 Å². The molecule has 1 fully saturated rings. The molecule has 1 aromatic heterocycles. The molecule has 0 radical (unpaired) electrons. The third-order valence-electron chi connectivity index (χ3n) is 2.98. The van der Waals surface area contributed by atoms with Gasteiger partial charge in [-0.1, -0.05) is 0 Å². The maximum absolute atomic E-state index is 13.1. The summed E-state index contributed by atoms with van der Waals surface area (Å²) in [5.74, 6) is 1.72. The number of hydrogen-bond acceptors (Lipinski definition) is 3. The van der Waals surface area contributed by atoms with Crippen molar-refractivity contribution in [3.8, 4) is 11.4 Å². The molecule has 88 valence electrons. The molecule has 1 aromatic carbocycles. The number of hydrogen-bond donors (Lipinski definition) is 1. The highest BCUT2D eigenvalue weighted by atomic mass is 19.1. The molecule has 17 heavy (non-hydrogen) atoms. The van der Waals surface area contributed by atoms with E-state index in [4.69, 9.17) is 5.73 Å². The zero-order valence-electron chi connectivity index (χ0n) is 9.52. The smallest absolute Gasteiger partial charge is 0.158 e. The molecule has 1 heterocycles. The van der Waals surface area contributed by atoms with E-state index in [1.165, 1.54) is 6.07 Å². The van der Waals surface area contributed by atoms with Crippen molar-refractivity contribution in [1.29, 1.82) is 0 Å². The van der Waals surface area contributed by atoms with Crippen LogP contribution in [0.5, 0.6) is 0 Å². The largest absolute Gasteiger partial charge is 0.396 e. The number of anilines is 1. The number of nitrogens with two attached hydrogens (primary N) is 1. The maximum atomic E-state index is 13.1. The molecule has 4 nitrogen and oxygen atoms in total. The van der Waals surface area contributed by atoms with Gasteiger partial charge in [-0.05, 0) is 31.0 Å². The van der Waals surface area contributed by atoms with Gasteiger partial charge in [0.05, 0.1) is 5.69 Å². The summed E-state index contributed by atoms with van der Waals surface area (Å²) >= 11 is 0. The quantitative estimate of drug-likeness (QED) is 0.806. The van der Waals surface area contributed by atoms with E-state index in [1.54, 1.807) is 16.8 Å². The maximum Gasteiger partial charge on any atom is 0.158 e. The standard InChI is InChI=1S/C12H13FN4/c1-17-12(15-11(16-17)7-2-3-7)8-4-5-9(13)10(14)6-8/h4-7H,2-3,14H2,1H3. The number of aromatic nitrogens is 3. The predicted molar refractivity (Wildman–Crippen MR) is 62.8 cm³/mol. The lowest BCUT2D eigenvalue weighted by Gasteiger charge is -2.02. The van der Waals surface area contributed by atoms with Crippen LogP contribution >= 0.6 is 0 Å². The number of nitrogens with zero attached hydrogens (tertiary/aromatic N) is 3. The van der Waals surface area contributed by atoms with Crippen molar-refractivity contribution in [3.05, 3.63) is 29.8 Å². The van der Waals surface area contributed by atoms with Crippen molar-refractivity contribution in [2.24, 2.45) is 7.05 Å². The molecule has 1 aliphatic carbocycles. The normalized spacial score (nSPS) is 15.2. The van der Waals surface area contributed by atoms with Crippen LogP contribution in [-0.2, 0) is 7.05 Å². The SMILES string of the molecule is Cn1nc(C2CC2)nc1-c1ccc(F)c(N)c1. The summed E-state index contributed by atoms with van der Waals surface area (Å²) in [6.07, 6.45) is 2.32. The third-order valence-corrected chi connectivity index (χ3v) is 2.98. The van der Waals surface area contributed by atoms with E-state index in [0.717, 1.165) is 30.1 Å². The summed E-state index contributed by atoms with van der Waals surface area (Å²) in [4.78, 5) is 4.49. The fourth-order valence-electron chi connectivity index (χ4n) is 1.85. The Kier molecular flexibility index (Phi) is 2.14. The Balaban J connectivity index is 2.04. The summed E-state index contributed by atoms with van der Waals surface area (Å²) < 4.78 is 14.8. The van der Waals surface area contributed by atoms with Gasteiger partial charge in [-0.2, -0.15) is 5.10 Å². The zero-order valence-corrected chi connectivity index (χ0v) is 9.52. The highest BCUT2D eigenvalue weighted by Crippen LogP contribution is 2.38. The Bertz CT molecular complexity index is 572. The molecule has 2 N–H and O–H groups in total. The van der Waals surface area contributed by atoms with Crippen molar-refractivity contribution in [2.75, 3.05) is 5.73 Å². The van der Waals surface area contributed by atoms with E-state index in [0.29, 0.717) is 5.92 Å². The highest BCUT2D eigenvalue weighted by molar-refractivity contribution is 5.61. The van der Waals surface area contributed by atoms with Gasteiger partial charge < -0.3 is 5.73 Å². The van der Waals surface area contributed by atoms with Crippen LogP contribution in [0.3, 0.4) is 0 Å². The molecule has 0 unspecified atom stereocenters. The lowest BCUT2D eigenvalue weighted by molar-refractivity contribution is 0.632. The Morgan fingerprint density at radius 1 is 1.41 bits per heavy atom. The lowest BCUT2D eigenvalue weighted by Crippen LogP contribution is -1.96. The molecular weight excluding hydrogens is 219 g/mol. The van der Waals surface area contributed by atoms with Crippen LogP contribution in [0.4, 0.5) is 10.1 Å². The van der Waals surface area contributed by atoms with Gasteiger partial charge in [-0.25, -0.2) is 14.1 Å². The molecule has 0 bridgehead atoms. The van der Waals surface area contributed by atoms with E-state index >= 15 is 0 Å².